The fourth-order valence-electron chi connectivity index (χ4n) is 6.52. The molecule has 3 aromatic rings. The van der Waals surface area contributed by atoms with E-state index in [1.165, 1.54) is 14.2 Å². The van der Waals surface area contributed by atoms with Crippen LogP contribution in [0.1, 0.15) is 77.1 Å². The van der Waals surface area contributed by atoms with E-state index in [0.717, 1.165) is 48.2 Å². The van der Waals surface area contributed by atoms with Gasteiger partial charge in [0.25, 0.3) is 0 Å². The van der Waals surface area contributed by atoms with Crippen LogP contribution in [-0.2, 0) is 19.1 Å². The summed E-state index contributed by atoms with van der Waals surface area (Å²) in [6.07, 6.45) is 5.51. The van der Waals surface area contributed by atoms with Crippen LogP contribution in [-0.4, -0.2) is 93.1 Å². The number of alkyl carbamates (subject to hydrolysis) is 2. The number of hydrogen-bond acceptors (Lipinski definition) is 8. The number of benzene rings is 1. The molecule has 2 aromatic heterocycles. The van der Waals surface area contributed by atoms with E-state index in [4.69, 9.17) is 9.47 Å². The van der Waals surface area contributed by atoms with E-state index in [2.05, 4.69) is 30.6 Å². The third-order valence-corrected chi connectivity index (χ3v) is 9.18. The first-order chi connectivity index (χ1) is 23.0. The second-order valence-corrected chi connectivity index (χ2v) is 13.0. The molecule has 0 radical (unpaired) electrons. The maximum absolute atomic E-state index is 13.5. The molecule has 2 aliphatic heterocycles. The molecule has 16 heteroatoms. The fraction of sp³-hybridized carbons (Fsp3) is 0.529. The molecule has 4 amide bonds. The van der Waals surface area contributed by atoms with Gasteiger partial charge in [-0.1, -0.05) is 52.0 Å². The van der Waals surface area contributed by atoms with E-state index < -0.39 is 24.3 Å². The zero-order valence-corrected chi connectivity index (χ0v) is 30.9. The van der Waals surface area contributed by atoms with Gasteiger partial charge in [-0.05, 0) is 48.6 Å². The minimum Gasteiger partial charge on any atom is -0.453 e. The Hall–Kier alpha value is -4.30. The number of hydrogen-bond donors (Lipinski definition) is 4. The molecular formula is C34H48Cl2N8O6. The van der Waals surface area contributed by atoms with Gasteiger partial charge in [-0.15, -0.1) is 24.8 Å². The van der Waals surface area contributed by atoms with Crippen LogP contribution < -0.4 is 10.6 Å². The van der Waals surface area contributed by atoms with E-state index in [-0.39, 0.29) is 60.5 Å². The molecule has 4 atom stereocenters. The molecule has 2 fully saturated rings. The standard InChI is InChI=1S/C34H46N8O6.2ClH/c1-19(2)27(39-33(45)47-5)31(43)41-15-7-9-25(41)29-35-17-23(37-29)21-11-13-22(14-12-21)24-18-36-30(38-24)26-10-8-16-42(26)32(44)28(20(3)4)40-34(46)48-6;;/h11-14,17-20,25-28H,7-10,15-16H2,1-6H3,(H,35,37)(H,36,38)(H,39,45)(H,40,46);2*1H/t25-,26-,27-,28-;;/m0../s1. The van der Waals surface area contributed by atoms with E-state index in [1.54, 1.807) is 22.2 Å². The maximum Gasteiger partial charge on any atom is 0.407 e. The molecule has 2 saturated heterocycles. The van der Waals surface area contributed by atoms with Crippen LogP contribution in [0, 0.1) is 11.8 Å². The number of aromatic amines is 2. The Morgan fingerprint density at radius 1 is 0.700 bits per heavy atom. The first-order valence-corrected chi connectivity index (χ1v) is 16.5. The van der Waals surface area contributed by atoms with Crippen LogP contribution >= 0.6 is 24.8 Å². The summed E-state index contributed by atoms with van der Waals surface area (Å²) in [5.41, 5.74) is 3.53. The number of methoxy groups -OCH3 is 2. The summed E-state index contributed by atoms with van der Waals surface area (Å²) in [5.74, 6) is 0.888. The van der Waals surface area contributed by atoms with Crippen molar-refractivity contribution in [2.75, 3.05) is 27.3 Å². The maximum atomic E-state index is 13.5. The summed E-state index contributed by atoms with van der Waals surface area (Å²) in [6.45, 7) is 8.73. The topological polar surface area (TPSA) is 175 Å². The number of H-pyrrole nitrogens is 2. The van der Waals surface area contributed by atoms with Crippen molar-refractivity contribution in [2.24, 2.45) is 11.8 Å². The van der Waals surface area contributed by atoms with E-state index >= 15 is 0 Å². The molecule has 14 nitrogen and oxygen atoms in total. The smallest absolute Gasteiger partial charge is 0.407 e. The van der Waals surface area contributed by atoms with Gasteiger partial charge in [-0.3, -0.25) is 9.59 Å². The molecule has 0 spiro atoms. The fourth-order valence-corrected chi connectivity index (χ4v) is 6.52. The number of likely N-dealkylation sites (tertiary alicyclic amines) is 2. The summed E-state index contributed by atoms with van der Waals surface area (Å²) in [4.78, 5) is 70.4. The lowest BCUT2D eigenvalue weighted by atomic mass is 10.0. The Bertz CT molecular complexity index is 1490. The van der Waals surface area contributed by atoms with Gasteiger partial charge in [0.1, 0.15) is 23.7 Å². The molecule has 0 saturated carbocycles. The Balaban J connectivity index is 0.00000338. The number of nitrogens with zero attached hydrogens (tertiary/aromatic N) is 4. The summed E-state index contributed by atoms with van der Waals surface area (Å²) in [7, 11) is 2.56. The van der Waals surface area contributed by atoms with Gasteiger partial charge in [-0.25, -0.2) is 19.6 Å². The van der Waals surface area contributed by atoms with Crippen molar-refractivity contribution in [3.05, 3.63) is 48.3 Å². The predicted octanol–water partition coefficient (Wildman–Crippen LogP) is 5.40. The molecule has 1 aromatic carbocycles. The second-order valence-electron chi connectivity index (χ2n) is 13.0. The van der Waals surface area contributed by atoms with Crippen LogP contribution in [0.2, 0.25) is 0 Å². The number of aromatic nitrogens is 4. The summed E-state index contributed by atoms with van der Waals surface area (Å²) < 4.78 is 9.47. The average Bonchev–Trinajstić information content (AvgIpc) is 3.90. The summed E-state index contributed by atoms with van der Waals surface area (Å²) in [5, 5.41) is 5.36. The highest BCUT2D eigenvalue weighted by Crippen LogP contribution is 2.35. The Morgan fingerprint density at radius 3 is 1.38 bits per heavy atom. The zero-order valence-electron chi connectivity index (χ0n) is 29.2. The van der Waals surface area contributed by atoms with Gasteiger partial charge in [0.2, 0.25) is 11.8 Å². The number of ether oxygens (including phenoxy) is 2. The Kier molecular flexibility index (Phi) is 14.1. The highest BCUT2D eigenvalue weighted by atomic mass is 35.5. The molecule has 4 N–H and O–H groups in total. The predicted molar refractivity (Wildman–Crippen MR) is 192 cm³/mol. The largest absolute Gasteiger partial charge is 0.453 e. The Morgan fingerprint density at radius 2 is 1.06 bits per heavy atom. The molecule has 50 heavy (non-hydrogen) atoms. The number of amides is 4. The van der Waals surface area contributed by atoms with Gasteiger partial charge in [0, 0.05) is 13.1 Å². The number of carbonyl (C=O) groups excluding carboxylic acids is 4. The van der Waals surface area contributed by atoms with Crippen molar-refractivity contribution in [1.29, 1.82) is 0 Å². The van der Waals surface area contributed by atoms with Crippen LogP contribution in [0.5, 0.6) is 0 Å². The first kappa shape index (κ1) is 40.1. The minimum absolute atomic E-state index is 0. The highest BCUT2D eigenvalue weighted by molar-refractivity contribution is 5.87. The van der Waals surface area contributed by atoms with Crippen LogP contribution in [0.25, 0.3) is 22.5 Å². The van der Waals surface area contributed by atoms with Crippen molar-refractivity contribution in [3.63, 3.8) is 0 Å². The molecule has 2 aliphatic rings. The molecule has 0 bridgehead atoms. The van der Waals surface area contributed by atoms with Crippen molar-refractivity contribution in [3.8, 4) is 22.5 Å². The third kappa shape index (κ3) is 8.70. The van der Waals surface area contributed by atoms with Crippen molar-refractivity contribution >= 4 is 48.8 Å². The van der Waals surface area contributed by atoms with Gasteiger partial charge < -0.3 is 39.9 Å². The lowest BCUT2D eigenvalue weighted by Gasteiger charge is -2.30. The molecular weight excluding hydrogens is 687 g/mol. The van der Waals surface area contributed by atoms with Gasteiger partial charge >= 0.3 is 12.2 Å². The van der Waals surface area contributed by atoms with Crippen LogP contribution in [0.3, 0.4) is 0 Å². The molecule has 0 aliphatic carbocycles. The number of halogens is 2. The number of imidazole rings is 2. The van der Waals surface area contributed by atoms with E-state index in [9.17, 15) is 19.2 Å². The Labute approximate surface area is 304 Å². The van der Waals surface area contributed by atoms with Crippen molar-refractivity contribution in [2.45, 2.75) is 77.5 Å². The molecule has 0 unspecified atom stereocenters. The SMILES string of the molecule is COC(=O)N[C@H](C(=O)N1CCC[C@H]1c1ncc(-c2ccc(-c3cnc([C@@H]4CCCN4C(=O)[C@@H](NC(=O)OC)C(C)C)[nH]3)cc2)[nH]1)C(C)C.Cl.Cl. The molecule has 274 valence electrons. The number of rotatable bonds is 10. The summed E-state index contributed by atoms with van der Waals surface area (Å²) >= 11 is 0. The average molecular weight is 736 g/mol. The number of nitrogens with one attached hydrogen (secondary N) is 4. The van der Waals surface area contributed by atoms with Crippen LogP contribution in [0.15, 0.2) is 36.7 Å². The van der Waals surface area contributed by atoms with Crippen molar-refractivity contribution < 1.29 is 28.7 Å². The zero-order chi connectivity index (χ0) is 34.5. The second kappa shape index (κ2) is 17.6. The monoisotopic (exact) mass is 734 g/mol. The minimum atomic E-state index is -0.694. The highest BCUT2D eigenvalue weighted by Gasteiger charge is 2.39. The van der Waals surface area contributed by atoms with Crippen LogP contribution in [0.4, 0.5) is 9.59 Å². The van der Waals surface area contributed by atoms with Crippen molar-refractivity contribution in [1.82, 2.24) is 40.4 Å². The molecule has 4 heterocycles. The van der Waals surface area contributed by atoms with E-state index in [1.807, 2.05) is 52.0 Å². The first-order valence-electron chi connectivity index (χ1n) is 16.5. The summed E-state index contributed by atoms with van der Waals surface area (Å²) in [6, 6.07) is 6.16. The lowest BCUT2D eigenvalue weighted by molar-refractivity contribution is -0.136. The number of carbonyl (C=O) groups is 4. The van der Waals surface area contributed by atoms with Gasteiger partial charge in [0.05, 0.1) is 50.1 Å². The quantitative estimate of drug-likeness (QED) is 0.214. The van der Waals surface area contributed by atoms with E-state index in [0.29, 0.717) is 24.7 Å². The third-order valence-electron chi connectivity index (χ3n) is 9.18. The normalized spacial score (nSPS) is 18.2. The van der Waals surface area contributed by atoms with Gasteiger partial charge in [-0.2, -0.15) is 0 Å². The van der Waals surface area contributed by atoms with Gasteiger partial charge in [0.15, 0.2) is 0 Å². The molecule has 5 rings (SSSR count). The lowest BCUT2D eigenvalue weighted by Crippen LogP contribution is -2.51.